The van der Waals surface area contributed by atoms with Crippen molar-refractivity contribution >= 4 is 0 Å². The SMILES string of the molecule is C#CCC(CCC)c1cc(C)ccc1O. The van der Waals surface area contributed by atoms with Gasteiger partial charge in [0, 0.05) is 6.42 Å². The molecule has 1 heteroatoms. The Kier molecular flexibility index (Phi) is 4.24. The molecule has 15 heavy (non-hydrogen) atoms. The Bertz CT molecular complexity index is 360. The Hall–Kier alpha value is -1.42. The van der Waals surface area contributed by atoms with Crippen LogP contribution in [-0.2, 0) is 0 Å². The van der Waals surface area contributed by atoms with E-state index >= 15 is 0 Å². The average Bonchev–Trinajstić information content (AvgIpc) is 2.21. The molecule has 0 bridgehead atoms. The van der Waals surface area contributed by atoms with Gasteiger partial charge < -0.3 is 5.11 Å². The Labute approximate surface area is 92.1 Å². The molecule has 1 aromatic rings. The number of hydrogen-bond acceptors (Lipinski definition) is 1. The van der Waals surface area contributed by atoms with E-state index in [0.29, 0.717) is 18.1 Å². The number of benzene rings is 1. The van der Waals surface area contributed by atoms with E-state index in [0.717, 1.165) is 18.4 Å². The fraction of sp³-hybridized carbons (Fsp3) is 0.429. The maximum absolute atomic E-state index is 9.79. The summed E-state index contributed by atoms with van der Waals surface area (Å²) in [6, 6.07) is 5.70. The number of rotatable bonds is 4. The van der Waals surface area contributed by atoms with Crippen molar-refractivity contribution in [2.45, 2.75) is 39.0 Å². The average molecular weight is 202 g/mol. The maximum atomic E-state index is 9.79. The first kappa shape index (κ1) is 11.7. The Morgan fingerprint density at radius 2 is 2.20 bits per heavy atom. The fourth-order valence-corrected chi connectivity index (χ4v) is 1.86. The summed E-state index contributed by atoms with van der Waals surface area (Å²) in [5.74, 6) is 3.35. The van der Waals surface area contributed by atoms with Crippen LogP contribution in [0.3, 0.4) is 0 Å². The molecule has 80 valence electrons. The highest BCUT2D eigenvalue weighted by Crippen LogP contribution is 2.32. The van der Waals surface area contributed by atoms with E-state index in [1.807, 2.05) is 19.1 Å². The lowest BCUT2D eigenvalue weighted by atomic mass is 9.90. The summed E-state index contributed by atoms with van der Waals surface area (Å²) < 4.78 is 0. The van der Waals surface area contributed by atoms with Gasteiger partial charge in [0.2, 0.25) is 0 Å². The van der Waals surface area contributed by atoms with Crippen LogP contribution in [-0.4, -0.2) is 5.11 Å². The second kappa shape index (κ2) is 5.46. The molecule has 1 rings (SSSR count). The molecule has 1 atom stereocenters. The van der Waals surface area contributed by atoms with Crippen LogP contribution in [0.5, 0.6) is 5.75 Å². The van der Waals surface area contributed by atoms with Crippen LogP contribution in [0, 0.1) is 19.3 Å². The molecular formula is C14H18O. The summed E-state index contributed by atoms with van der Waals surface area (Å²) in [7, 11) is 0. The molecule has 0 amide bonds. The van der Waals surface area contributed by atoms with Gasteiger partial charge in [0.1, 0.15) is 5.75 Å². The van der Waals surface area contributed by atoms with Crippen molar-refractivity contribution in [2.24, 2.45) is 0 Å². The van der Waals surface area contributed by atoms with Crippen molar-refractivity contribution in [1.82, 2.24) is 0 Å². The summed E-state index contributed by atoms with van der Waals surface area (Å²) in [4.78, 5) is 0. The van der Waals surface area contributed by atoms with Crippen molar-refractivity contribution in [1.29, 1.82) is 0 Å². The molecular weight excluding hydrogens is 184 g/mol. The van der Waals surface area contributed by atoms with E-state index in [4.69, 9.17) is 6.42 Å². The van der Waals surface area contributed by atoms with Crippen LogP contribution >= 0.6 is 0 Å². The largest absolute Gasteiger partial charge is 0.508 e. The minimum atomic E-state index is 0.292. The van der Waals surface area contributed by atoms with E-state index in [9.17, 15) is 5.11 Å². The Balaban J connectivity index is 2.99. The van der Waals surface area contributed by atoms with Gasteiger partial charge in [-0.15, -0.1) is 12.3 Å². The summed E-state index contributed by atoms with van der Waals surface area (Å²) >= 11 is 0. The quantitative estimate of drug-likeness (QED) is 0.739. The highest BCUT2D eigenvalue weighted by molar-refractivity contribution is 5.38. The number of phenols is 1. The van der Waals surface area contributed by atoms with Crippen molar-refractivity contribution in [2.75, 3.05) is 0 Å². The molecule has 0 saturated heterocycles. The molecule has 1 aromatic carbocycles. The summed E-state index contributed by atoms with van der Waals surface area (Å²) in [5, 5.41) is 9.79. The van der Waals surface area contributed by atoms with Crippen LogP contribution in [0.2, 0.25) is 0 Å². The molecule has 0 aromatic heterocycles. The standard InChI is InChI=1S/C14H18O/c1-4-6-12(7-5-2)13-10-11(3)8-9-14(13)15/h1,8-10,12,15H,5-7H2,2-3H3. The number of aryl methyl sites for hydroxylation is 1. The zero-order valence-electron chi connectivity index (χ0n) is 9.46. The van der Waals surface area contributed by atoms with Gasteiger partial charge >= 0.3 is 0 Å². The zero-order chi connectivity index (χ0) is 11.3. The lowest BCUT2D eigenvalue weighted by Crippen LogP contribution is -1.98. The summed E-state index contributed by atoms with van der Waals surface area (Å²) in [6.45, 7) is 4.16. The molecule has 0 saturated carbocycles. The van der Waals surface area contributed by atoms with E-state index in [-0.39, 0.29) is 0 Å². The zero-order valence-corrected chi connectivity index (χ0v) is 9.46. The number of terminal acetylenes is 1. The third-order valence-corrected chi connectivity index (χ3v) is 2.62. The Morgan fingerprint density at radius 1 is 1.47 bits per heavy atom. The van der Waals surface area contributed by atoms with Gasteiger partial charge in [-0.3, -0.25) is 0 Å². The van der Waals surface area contributed by atoms with Crippen molar-refractivity contribution in [3.63, 3.8) is 0 Å². The van der Waals surface area contributed by atoms with Crippen molar-refractivity contribution in [3.05, 3.63) is 29.3 Å². The first-order valence-electron chi connectivity index (χ1n) is 5.42. The third kappa shape index (κ3) is 3.02. The van der Waals surface area contributed by atoms with Crippen LogP contribution in [0.25, 0.3) is 0 Å². The minimum Gasteiger partial charge on any atom is -0.508 e. The normalized spacial score (nSPS) is 12.1. The lowest BCUT2D eigenvalue weighted by molar-refractivity contribution is 0.457. The topological polar surface area (TPSA) is 20.2 Å². The van der Waals surface area contributed by atoms with Crippen LogP contribution in [0.15, 0.2) is 18.2 Å². The second-order valence-corrected chi connectivity index (χ2v) is 3.96. The van der Waals surface area contributed by atoms with E-state index in [2.05, 4.69) is 12.8 Å². The molecule has 0 aliphatic rings. The first-order valence-corrected chi connectivity index (χ1v) is 5.42. The number of hydrogen-bond donors (Lipinski definition) is 1. The Morgan fingerprint density at radius 3 is 2.80 bits per heavy atom. The number of phenolic OH excluding ortho intramolecular Hbond substituents is 1. The summed E-state index contributed by atoms with van der Waals surface area (Å²) in [5.41, 5.74) is 2.16. The van der Waals surface area contributed by atoms with Crippen LogP contribution in [0.1, 0.15) is 43.2 Å². The monoisotopic (exact) mass is 202 g/mol. The van der Waals surface area contributed by atoms with E-state index < -0.39 is 0 Å². The van der Waals surface area contributed by atoms with Gasteiger partial charge in [0.05, 0.1) is 0 Å². The highest BCUT2D eigenvalue weighted by atomic mass is 16.3. The molecule has 0 aliphatic heterocycles. The van der Waals surface area contributed by atoms with Gasteiger partial charge in [-0.25, -0.2) is 0 Å². The second-order valence-electron chi connectivity index (χ2n) is 3.96. The van der Waals surface area contributed by atoms with Gasteiger partial charge in [-0.1, -0.05) is 31.0 Å². The van der Waals surface area contributed by atoms with Crippen molar-refractivity contribution < 1.29 is 5.11 Å². The van der Waals surface area contributed by atoms with Gasteiger partial charge in [-0.2, -0.15) is 0 Å². The molecule has 1 N–H and O–H groups in total. The van der Waals surface area contributed by atoms with Crippen LogP contribution < -0.4 is 0 Å². The number of aromatic hydroxyl groups is 1. The smallest absolute Gasteiger partial charge is 0.119 e. The van der Waals surface area contributed by atoms with Crippen molar-refractivity contribution in [3.8, 4) is 18.1 Å². The molecule has 0 spiro atoms. The van der Waals surface area contributed by atoms with E-state index in [1.54, 1.807) is 6.07 Å². The van der Waals surface area contributed by atoms with Gasteiger partial charge in [0.25, 0.3) is 0 Å². The first-order chi connectivity index (χ1) is 7.19. The third-order valence-electron chi connectivity index (χ3n) is 2.62. The summed E-state index contributed by atoms with van der Waals surface area (Å²) in [6.07, 6.45) is 8.16. The van der Waals surface area contributed by atoms with Gasteiger partial charge in [0.15, 0.2) is 0 Å². The van der Waals surface area contributed by atoms with Gasteiger partial charge in [-0.05, 0) is 30.9 Å². The molecule has 0 fully saturated rings. The van der Waals surface area contributed by atoms with E-state index in [1.165, 1.54) is 5.56 Å². The fourth-order valence-electron chi connectivity index (χ4n) is 1.86. The maximum Gasteiger partial charge on any atom is 0.119 e. The lowest BCUT2D eigenvalue weighted by Gasteiger charge is -2.15. The molecule has 0 radical (unpaired) electrons. The van der Waals surface area contributed by atoms with Crippen LogP contribution in [0.4, 0.5) is 0 Å². The molecule has 1 nitrogen and oxygen atoms in total. The molecule has 0 aliphatic carbocycles. The molecule has 1 unspecified atom stereocenters. The predicted octanol–water partition coefficient (Wildman–Crippen LogP) is 3.61. The predicted molar refractivity (Wildman–Crippen MR) is 63.9 cm³/mol. The molecule has 0 heterocycles. The highest BCUT2D eigenvalue weighted by Gasteiger charge is 2.13. The minimum absolute atomic E-state index is 0.292.